The normalized spacial score (nSPS) is 11.6. The average molecular weight is 321 g/mol. The van der Waals surface area contributed by atoms with E-state index in [0.29, 0.717) is 18.1 Å². The first-order valence-corrected chi connectivity index (χ1v) is 7.44. The number of benzene rings is 1. The van der Waals surface area contributed by atoms with Crippen molar-refractivity contribution in [1.29, 1.82) is 5.41 Å². The van der Waals surface area contributed by atoms with Gasteiger partial charge < -0.3 is 26.8 Å². The number of aryl methyl sites for hydroxylation is 1. The molecule has 0 bridgehead atoms. The maximum atomic E-state index is 7.12. The first-order chi connectivity index (χ1) is 11.6. The zero-order chi connectivity index (χ0) is 17.1. The van der Waals surface area contributed by atoms with Crippen LogP contribution in [0.4, 0.5) is 11.5 Å². The van der Waals surface area contributed by atoms with E-state index in [-0.39, 0.29) is 0 Å². The minimum atomic E-state index is 0.432. The van der Waals surface area contributed by atoms with Crippen molar-refractivity contribution >= 4 is 34.3 Å². The van der Waals surface area contributed by atoms with Crippen molar-refractivity contribution in [1.82, 2.24) is 14.5 Å². The molecular weight excluding hydrogens is 302 g/mol. The van der Waals surface area contributed by atoms with Gasteiger partial charge in [0.05, 0.1) is 24.1 Å². The number of imidazole rings is 1. The lowest BCUT2D eigenvalue weighted by molar-refractivity contribution is 0.838. The van der Waals surface area contributed by atoms with Crippen LogP contribution in [0.1, 0.15) is 11.3 Å². The van der Waals surface area contributed by atoms with Gasteiger partial charge in [0.2, 0.25) is 0 Å². The molecule has 0 radical (unpaired) electrons. The summed E-state index contributed by atoms with van der Waals surface area (Å²) in [6.45, 7) is 0.632. The fourth-order valence-corrected chi connectivity index (χ4v) is 2.50. The van der Waals surface area contributed by atoms with Crippen LogP contribution < -0.4 is 16.8 Å². The molecule has 6 N–H and O–H groups in total. The Labute approximate surface area is 139 Å². The number of fused-ring (bicyclic) bond motifs is 1. The van der Waals surface area contributed by atoms with Crippen LogP contribution in [0.15, 0.2) is 42.9 Å². The van der Waals surface area contributed by atoms with E-state index >= 15 is 0 Å². The molecule has 7 heteroatoms. The highest BCUT2D eigenvalue weighted by molar-refractivity contribution is 5.95. The molecule has 0 amide bonds. The molecule has 0 saturated heterocycles. The maximum Gasteiger partial charge on any atom is 0.126 e. The van der Waals surface area contributed by atoms with Crippen LogP contribution in [0.5, 0.6) is 0 Å². The molecule has 3 rings (SSSR count). The molecular formula is C17H19N7. The number of nitrogens with two attached hydrogens (primary N) is 2. The van der Waals surface area contributed by atoms with Crippen molar-refractivity contribution in [3.8, 4) is 0 Å². The monoisotopic (exact) mass is 321 g/mol. The fraction of sp³-hybridized carbons (Fsp3) is 0.118. The van der Waals surface area contributed by atoms with Crippen LogP contribution in [0.25, 0.3) is 16.6 Å². The van der Waals surface area contributed by atoms with Crippen LogP contribution in [-0.4, -0.2) is 20.7 Å². The molecule has 0 unspecified atom stereocenters. The molecule has 3 aromatic rings. The standard InChI is InChI=1S/C17H19N7/c1-24-10-21-8-12(24)9-22-15-7-17(20)23-16-6-11(2-3-13(15)16)14(19)4-5-18/h2-8,10,18H,9,19H2,1H3,(H3,20,22,23)/b14-4-,18-5?. The molecule has 2 aromatic heterocycles. The summed E-state index contributed by atoms with van der Waals surface area (Å²) in [4.78, 5) is 8.49. The highest BCUT2D eigenvalue weighted by Gasteiger charge is 2.07. The molecule has 0 spiro atoms. The number of rotatable bonds is 5. The third kappa shape index (κ3) is 3.05. The number of nitrogens with one attached hydrogen (secondary N) is 2. The molecule has 0 fully saturated rings. The number of hydrogen-bond donors (Lipinski definition) is 4. The number of pyridine rings is 1. The highest BCUT2D eigenvalue weighted by Crippen LogP contribution is 2.27. The van der Waals surface area contributed by atoms with Gasteiger partial charge in [0.15, 0.2) is 0 Å². The Morgan fingerprint density at radius 3 is 2.92 bits per heavy atom. The summed E-state index contributed by atoms with van der Waals surface area (Å²) < 4.78 is 1.96. The second kappa shape index (κ2) is 6.41. The number of anilines is 2. The predicted octanol–water partition coefficient (Wildman–Crippen LogP) is 2.11. The Balaban J connectivity index is 1.97. The Morgan fingerprint density at radius 1 is 1.38 bits per heavy atom. The van der Waals surface area contributed by atoms with Crippen molar-refractivity contribution in [3.05, 3.63) is 54.1 Å². The summed E-state index contributed by atoms with van der Waals surface area (Å²) in [5.74, 6) is 0.432. The number of aromatic nitrogens is 3. The smallest absolute Gasteiger partial charge is 0.126 e. The van der Waals surface area contributed by atoms with Crippen molar-refractivity contribution in [3.63, 3.8) is 0 Å². The molecule has 0 aliphatic carbocycles. The second-order valence-corrected chi connectivity index (χ2v) is 5.46. The van der Waals surface area contributed by atoms with E-state index in [4.69, 9.17) is 16.9 Å². The van der Waals surface area contributed by atoms with Gasteiger partial charge in [-0.15, -0.1) is 0 Å². The number of allylic oxidation sites excluding steroid dienone is 1. The Morgan fingerprint density at radius 2 is 2.21 bits per heavy atom. The number of hydrogen-bond acceptors (Lipinski definition) is 6. The summed E-state index contributed by atoms with van der Waals surface area (Å²) in [6, 6.07) is 7.55. The summed E-state index contributed by atoms with van der Waals surface area (Å²) in [6.07, 6.45) is 6.28. The van der Waals surface area contributed by atoms with Crippen LogP contribution in [0.3, 0.4) is 0 Å². The number of nitrogen functional groups attached to an aromatic ring is 1. The van der Waals surface area contributed by atoms with E-state index in [2.05, 4.69) is 15.3 Å². The van der Waals surface area contributed by atoms with E-state index in [9.17, 15) is 0 Å². The minimum absolute atomic E-state index is 0.432. The van der Waals surface area contributed by atoms with Gasteiger partial charge in [-0.25, -0.2) is 9.97 Å². The Hall–Kier alpha value is -3.35. The van der Waals surface area contributed by atoms with Crippen LogP contribution in [0.2, 0.25) is 0 Å². The van der Waals surface area contributed by atoms with Gasteiger partial charge in [-0.3, -0.25) is 0 Å². The van der Waals surface area contributed by atoms with Crippen molar-refractivity contribution < 1.29 is 0 Å². The summed E-state index contributed by atoms with van der Waals surface area (Å²) in [7, 11) is 1.95. The molecule has 1 aromatic carbocycles. The molecule has 0 aliphatic rings. The fourth-order valence-electron chi connectivity index (χ4n) is 2.50. The third-order valence-electron chi connectivity index (χ3n) is 3.80. The Bertz CT molecular complexity index is 924. The lowest BCUT2D eigenvalue weighted by Crippen LogP contribution is -2.06. The largest absolute Gasteiger partial charge is 0.398 e. The molecule has 0 aliphatic heterocycles. The van der Waals surface area contributed by atoms with Gasteiger partial charge in [-0.2, -0.15) is 0 Å². The SMILES string of the molecule is Cn1cncc1CNc1cc(N)nc2cc(/C(N)=C/C=N)ccc12. The van der Waals surface area contributed by atoms with E-state index in [0.717, 1.165) is 34.1 Å². The molecule has 2 heterocycles. The average Bonchev–Trinajstić information content (AvgIpc) is 2.97. The van der Waals surface area contributed by atoms with E-state index < -0.39 is 0 Å². The first-order valence-electron chi connectivity index (χ1n) is 7.44. The third-order valence-corrected chi connectivity index (χ3v) is 3.80. The van der Waals surface area contributed by atoms with Crippen LogP contribution in [-0.2, 0) is 13.6 Å². The Kier molecular flexibility index (Phi) is 4.15. The molecule has 122 valence electrons. The van der Waals surface area contributed by atoms with Gasteiger partial charge in [0.1, 0.15) is 5.82 Å². The second-order valence-electron chi connectivity index (χ2n) is 5.46. The molecule has 0 saturated carbocycles. The van der Waals surface area contributed by atoms with E-state index in [1.165, 1.54) is 6.08 Å². The van der Waals surface area contributed by atoms with Crippen molar-refractivity contribution in [2.75, 3.05) is 11.1 Å². The quantitative estimate of drug-likeness (QED) is 0.537. The zero-order valence-corrected chi connectivity index (χ0v) is 13.3. The minimum Gasteiger partial charge on any atom is -0.398 e. The van der Waals surface area contributed by atoms with Gasteiger partial charge >= 0.3 is 0 Å². The van der Waals surface area contributed by atoms with Gasteiger partial charge in [-0.05, 0) is 17.7 Å². The topological polar surface area (TPSA) is 119 Å². The summed E-state index contributed by atoms with van der Waals surface area (Å²) >= 11 is 0. The van der Waals surface area contributed by atoms with Crippen LogP contribution >= 0.6 is 0 Å². The number of nitrogens with zero attached hydrogens (tertiary/aromatic N) is 3. The highest BCUT2D eigenvalue weighted by atomic mass is 15.0. The van der Waals surface area contributed by atoms with E-state index in [1.807, 2.05) is 42.1 Å². The lowest BCUT2D eigenvalue weighted by Gasteiger charge is -2.12. The lowest BCUT2D eigenvalue weighted by atomic mass is 10.1. The van der Waals surface area contributed by atoms with Gasteiger partial charge in [0.25, 0.3) is 0 Å². The predicted molar refractivity (Wildman–Crippen MR) is 97.6 cm³/mol. The molecule has 0 atom stereocenters. The summed E-state index contributed by atoms with van der Waals surface area (Å²) in [5, 5.41) is 11.5. The van der Waals surface area contributed by atoms with Crippen LogP contribution in [0, 0.1) is 5.41 Å². The van der Waals surface area contributed by atoms with Crippen molar-refractivity contribution in [2.45, 2.75) is 6.54 Å². The molecule has 24 heavy (non-hydrogen) atoms. The van der Waals surface area contributed by atoms with Gasteiger partial charge in [0, 0.05) is 42.3 Å². The van der Waals surface area contributed by atoms with Crippen molar-refractivity contribution in [2.24, 2.45) is 12.8 Å². The first kappa shape index (κ1) is 15.5. The maximum absolute atomic E-state index is 7.12. The zero-order valence-electron chi connectivity index (χ0n) is 13.3. The van der Waals surface area contributed by atoms with E-state index in [1.54, 1.807) is 6.33 Å². The summed E-state index contributed by atoms with van der Waals surface area (Å²) in [5.41, 5.74) is 15.9. The van der Waals surface area contributed by atoms with Gasteiger partial charge in [-0.1, -0.05) is 12.1 Å². The molecule has 7 nitrogen and oxygen atoms in total.